The van der Waals surface area contributed by atoms with Crippen molar-refractivity contribution >= 4 is 11.1 Å². The maximum Gasteiger partial charge on any atom is 0.227 e. The topological polar surface area (TPSA) is 64.7 Å². The maximum absolute atomic E-state index is 6.31. The first-order valence-electron chi connectivity index (χ1n) is 17.5. The molecule has 244 valence electrons. The number of hydrogen-bond acceptors (Lipinski definition) is 5. The lowest BCUT2D eigenvalue weighted by atomic mass is 9.82. The van der Waals surface area contributed by atoms with Gasteiger partial charge in [-0.2, -0.15) is 0 Å². The van der Waals surface area contributed by atoms with E-state index in [1.54, 1.807) is 0 Å². The summed E-state index contributed by atoms with van der Waals surface area (Å²) in [4.78, 5) is 20.6. The van der Waals surface area contributed by atoms with Crippen LogP contribution in [0.5, 0.6) is 0 Å². The minimum Gasteiger partial charge on any atom is -0.436 e. The summed E-state index contributed by atoms with van der Waals surface area (Å²) in [6.07, 6.45) is 0. The van der Waals surface area contributed by atoms with Gasteiger partial charge < -0.3 is 4.42 Å². The van der Waals surface area contributed by atoms with E-state index in [4.69, 9.17) is 24.4 Å². The van der Waals surface area contributed by atoms with E-state index in [0.29, 0.717) is 28.9 Å². The van der Waals surface area contributed by atoms with Crippen molar-refractivity contribution in [1.29, 1.82) is 0 Å². The predicted molar refractivity (Wildman–Crippen MR) is 204 cm³/mol. The normalized spacial score (nSPS) is 14.6. The molecule has 5 nitrogen and oxygen atoms in total. The van der Waals surface area contributed by atoms with Gasteiger partial charge in [0.25, 0.3) is 0 Å². The summed E-state index contributed by atoms with van der Waals surface area (Å²) < 4.78 is 6.31. The highest BCUT2D eigenvalue weighted by Crippen LogP contribution is 2.53. The van der Waals surface area contributed by atoms with Crippen molar-refractivity contribution in [2.75, 3.05) is 0 Å². The molecule has 0 atom stereocenters. The van der Waals surface area contributed by atoms with Crippen LogP contribution in [0.3, 0.4) is 0 Å². The van der Waals surface area contributed by atoms with E-state index < -0.39 is 0 Å². The maximum atomic E-state index is 6.31. The zero-order chi connectivity index (χ0) is 34.5. The summed E-state index contributed by atoms with van der Waals surface area (Å²) in [5, 5.41) is 0. The van der Waals surface area contributed by atoms with Crippen LogP contribution in [0.4, 0.5) is 0 Å². The van der Waals surface area contributed by atoms with Crippen LogP contribution in [0.15, 0.2) is 138 Å². The van der Waals surface area contributed by atoms with Crippen molar-refractivity contribution < 1.29 is 4.42 Å². The van der Waals surface area contributed by atoms with Gasteiger partial charge in [-0.15, -0.1) is 0 Å². The molecule has 0 unspecified atom stereocenters. The second-order valence-corrected chi connectivity index (χ2v) is 14.7. The van der Waals surface area contributed by atoms with Gasteiger partial charge in [-0.1, -0.05) is 131 Å². The Balaban J connectivity index is 1.22. The third kappa shape index (κ3) is 4.34. The second kappa shape index (κ2) is 10.6. The summed E-state index contributed by atoms with van der Waals surface area (Å²) >= 11 is 0. The van der Waals surface area contributed by atoms with Gasteiger partial charge in [0, 0.05) is 33.1 Å². The molecule has 0 radical (unpaired) electrons. The van der Waals surface area contributed by atoms with Crippen LogP contribution in [0.1, 0.15) is 49.9 Å². The lowest BCUT2D eigenvalue weighted by Crippen LogP contribution is -2.15. The number of benzene rings is 6. The van der Waals surface area contributed by atoms with E-state index in [2.05, 4.69) is 113 Å². The average Bonchev–Trinajstić information content (AvgIpc) is 3.78. The molecule has 0 fully saturated rings. The molecule has 2 aliphatic carbocycles. The Morgan fingerprint density at radius 1 is 0.412 bits per heavy atom. The number of aromatic nitrogens is 4. The Morgan fingerprint density at radius 2 is 0.902 bits per heavy atom. The summed E-state index contributed by atoms with van der Waals surface area (Å²) in [5.41, 5.74) is 14.9. The molecular weight excluding hydrogens is 625 g/mol. The van der Waals surface area contributed by atoms with Crippen LogP contribution in [-0.4, -0.2) is 19.9 Å². The summed E-state index contributed by atoms with van der Waals surface area (Å²) in [7, 11) is 0. The van der Waals surface area contributed by atoms with Crippen molar-refractivity contribution in [3.05, 3.63) is 156 Å². The molecule has 2 heterocycles. The first kappa shape index (κ1) is 29.7. The first-order chi connectivity index (χ1) is 24.8. The molecule has 8 aromatic rings. The fourth-order valence-corrected chi connectivity index (χ4v) is 8.40. The number of rotatable bonds is 4. The number of fused-ring (bicyclic) bond motifs is 7. The van der Waals surface area contributed by atoms with Gasteiger partial charge in [0.1, 0.15) is 5.52 Å². The van der Waals surface area contributed by atoms with Gasteiger partial charge >= 0.3 is 0 Å². The molecule has 0 saturated carbocycles. The molecule has 10 rings (SSSR count). The first-order valence-corrected chi connectivity index (χ1v) is 17.5. The van der Waals surface area contributed by atoms with Crippen molar-refractivity contribution in [2.24, 2.45) is 0 Å². The van der Waals surface area contributed by atoms with Crippen LogP contribution in [0.2, 0.25) is 0 Å². The average molecular weight is 659 g/mol. The fraction of sp³-hybridized carbons (Fsp3) is 0.130. The summed E-state index contributed by atoms with van der Waals surface area (Å²) in [6.45, 7) is 9.20. The SMILES string of the molecule is CC1(C)c2ccccc2-c2c(-c3nc(-c4ccc5nc(-c6ccccc6)oc5c4)nc(-c4cccc5c4-c4ccccc4C5(C)C)n3)cccc21. The van der Waals surface area contributed by atoms with Crippen LogP contribution >= 0.6 is 0 Å². The van der Waals surface area contributed by atoms with Gasteiger partial charge in [0.15, 0.2) is 23.1 Å². The fourth-order valence-electron chi connectivity index (χ4n) is 8.40. The molecular formula is C46H34N4O. The van der Waals surface area contributed by atoms with Gasteiger partial charge in [-0.3, -0.25) is 0 Å². The zero-order valence-corrected chi connectivity index (χ0v) is 28.9. The third-order valence-electron chi connectivity index (χ3n) is 11.0. The molecule has 6 aromatic carbocycles. The van der Waals surface area contributed by atoms with Gasteiger partial charge in [-0.05, 0) is 74.8 Å². The highest BCUT2D eigenvalue weighted by atomic mass is 16.3. The lowest BCUT2D eigenvalue weighted by molar-refractivity contribution is 0.620. The van der Waals surface area contributed by atoms with Gasteiger partial charge in [0.05, 0.1) is 0 Å². The zero-order valence-electron chi connectivity index (χ0n) is 28.9. The van der Waals surface area contributed by atoms with Crippen LogP contribution in [0.25, 0.3) is 79.0 Å². The minimum absolute atomic E-state index is 0.149. The lowest BCUT2D eigenvalue weighted by Gasteiger charge is -2.21. The molecule has 0 spiro atoms. The van der Waals surface area contributed by atoms with Crippen molar-refractivity contribution in [1.82, 2.24) is 19.9 Å². The molecule has 0 saturated heterocycles. The number of oxazole rings is 1. The van der Waals surface area contributed by atoms with E-state index in [1.165, 1.54) is 44.5 Å². The Hall–Kier alpha value is -6.20. The van der Waals surface area contributed by atoms with Gasteiger partial charge in [-0.25, -0.2) is 19.9 Å². The Kier molecular flexibility index (Phi) is 6.20. The molecule has 5 heteroatoms. The van der Waals surface area contributed by atoms with E-state index in [0.717, 1.165) is 27.8 Å². The number of nitrogens with zero attached hydrogens (tertiary/aromatic N) is 4. The standard InChI is InChI=1S/C46H34N4O/c1-45(2)33-20-10-8-16-29(33)39-31(18-12-22-35(39)45)42-48-41(28-24-25-37-38(26-28)51-44(47-37)27-14-6-5-7-15-27)49-43(50-42)32-19-13-23-36-40(32)30-17-9-11-21-34(30)46(36,3)4/h5-26H,1-4H3. The second-order valence-electron chi connectivity index (χ2n) is 14.7. The molecule has 0 amide bonds. The summed E-state index contributed by atoms with van der Waals surface area (Å²) in [6, 6.07) is 46.5. The van der Waals surface area contributed by atoms with Crippen LogP contribution in [0, 0.1) is 0 Å². The van der Waals surface area contributed by atoms with Crippen molar-refractivity contribution in [3.63, 3.8) is 0 Å². The quantitative estimate of drug-likeness (QED) is 0.188. The monoisotopic (exact) mass is 658 g/mol. The molecule has 0 aliphatic heterocycles. The van der Waals surface area contributed by atoms with Crippen molar-refractivity contribution in [2.45, 2.75) is 38.5 Å². The molecule has 2 aromatic heterocycles. The Bertz CT molecular complexity index is 2580. The Morgan fingerprint density at radius 3 is 1.49 bits per heavy atom. The van der Waals surface area contributed by atoms with Crippen molar-refractivity contribution in [3.8, 4) is 67.9 Å². The summed E-state index contributed by atoms with van der Waals surface area (Å²) in [5.74, 6) is 2.46. The van der Waals surface area contributed by atoms with E-state index in [1.807, 2.05) is 48.5 Å². The highest BCUT2D eigenvalue weighted by Gasteiger charge is 2.39. The number of hydrogen-bond donors (Lipinski definition) is 0. The van der Waals surface area contributed by atoms with Crippen LogP contribution < -0.4 is 0 Å². The smallest absolute Gasteiger partial charge is 0.227 e. The van der Waals surface area contributed by atoms with E-state index in [-0.39, 0.29) is 10.8 Å². The minimum atomic E-state index is -0.149. The van der Waals surface area contributed by atoms with Gasteiger partial charge in [0.2, 0.25) is 5.89 Å². The molecule has 0 bridgehead atoms. The Labute approximate surface area is 296 Å². The predicted octanol–water partition coefficient (Wildman–Crippen LogP) is 11.3. The van der Waals surface area contributed by atoms with E-state index in [9.17, 15) is 0 Å². The highest BCUT2D eigenvalue weighted by molar-refractivity contribution is 5.94. The third-order valence-corrected chi connectivity index (χ3v) is 11.0. The van der Waals surface area contributed by atoms with E-state index >= 15 is 0 Å². The molecule has 0 N–H and O–H groups in total. The molecule has 2 aliphatic rings. The molecule has 51 heavy (non-hydrogen) atoms. The van der Waals surface area contributed by atoms with Crippen LogP contribution in [-0.2, 0) is 10.8 Å². The largest absolute Gasteiger partial charge is 0.436 e.